The normalized spacial score (nSPS) is 18.8. The van der Waals surface area contributed by atoms with Gasteiger partial charge in [0.2, 0.25) is 5.95 Å². The molecule has 4 aromatic heterocycles. The van der Waals surface area contributed by atoms with E-state index in [0.29, 0.717) is 42.7 Å². The lowest BCUT2D eigenvalue weighted by molar-refractivity contribution is -0.138. The largest absolute Gasteiger partial charge is 0.480 e. The Balaban J connectivity index is 1.23. The van der Waals surface area contributed by atoms with Gasteiger partial charge in [-0.3, -0.25) is 4.98 Å². The minimum atomic E-state index is -0.880. The van der Waals surface area contributed by atoms with Crippen molar-refractivity contribution in [1.29, 1.82) is 0 Å². The van der Waals surface area contributed by atoms with Crippen LogP contribution in [0.25, 0.3) is 22.7 Å². The van der Waals surface area contributed by atoms with Gasteiger partial charge in [-0.25, -0.2) is 19.7 Å². The maximum atomic E-state index is 11.6. The Hall–Kier alpha value is -4.45. The second kappa shape index (κ2) is 9.21. The fourth-order valence-corrected chi connectivity index (χ4v) is 4.91. The molecular weight excluding hydrogens is 474 g/mol. The molecule has 2 fully saturated rings. The topological polar surface area (TPSA) is 169 Å². The van der Waals surface area contributed by atoms with E-state index in [2.05, 4.69) is 30.4 Å². The fourth-order valence-electron chi connectivity index (χ4n) is 4.91. The molecule has 12 nitrogen and oxygen atoms in total. The highest BCUT2D eigenvalue weighted by Gasteiger charge is 2.45. The van der Waals surface area contributed by atoms with Crippen LogP contribution in [-0.2, 0) is 10.2 Å². The van der Waals surface area contributed by atoms with Gasteiger partial charge in [0.25, 0.3) is 5.89 Å². The molecule has 2 aliphatic rings. The van der Waals surface area contributed by atoms with Crippen molar-refractivity contribution in [2.75, 3.05) is 30.3 Å². The number of nitrogens with zero attached hydrogens (tertiary/aromatic N) is 7. The summed E-state index contributed by atoms with van der Waals surface area (Å²) in [4.78, 5) is 35.3. The molecule has 1 saturated carbocycles. The van der Waals surface area contributed by atoms with E-state index in [1.54, 1.807) is 29.6 Å². The summed E-state index contributed by atoms with van der Waals surface area (Å²) in [5.41, 5.74) is 8.48. The lowest BCUT2D eigenvalue weighted by Crippen LogP contribution is -2.55. The van der Waals surface area contributed by atoms with Crippen LogP contribution in [0.3, 0.4) is 0 Å². The van der Waals surface area contributed by atoms with E-state index in [0.717, 1.165) is 36.1 Å². The van der Waals surface area contributed by atoms with Crippen molar-refractivity contribution in [3.63, 3.8) is 0 Å². The van der Waals surface area contributed by atoms with Crippen molar-refractivity contribution in [2.24, 2.45) is 0 Å². The summed E-state index contributed by atoms with van der Waals surface area (Å²) in [6.45, 7) is 1.64. The van der Waals surface area contributed by atoms with Crippen LogP contribution in [0.4, 0.5) is 11.8 Å². The zero-order valence-corrected chi connectivity index (χ0v) is 19.9. The Labute approximate surface area is 212 Å². The van der Waals surface area contributed by atoms with Gasteiger partial charge < -0.3 is 25.6 Å². The van der Waals surface area contributed by atoms with Crippen LogP contribution in [0.2, 0.25) is 0 Å². The molecule has 0 spiro atoms. The summed E-state index contributed by atoms with van der Waals surface area (Å²) < 4.78 is 5.64. The average Bonchev–Trinajstić information content (AvgIpc) is 3.39. The summed E-state index contributed by atoms with van der Waals surface area (Å²) >= 11 is 0. The van der Waals surface area contributed by atoms with Crippen molar-refractivity contribution < 1.29 is 14.4 Å². The maximum Gasteiger partial charge on any atom is 0.327 e. The molecule has 1 saturated heterocycles. The van der Waals surface area contributed by atoms with Gasteiger partial charge in [0.05, 0.1) is 16.7 Å². The first-order valence-electron chi connectivity index (χ1n) is 12.1. The van der Waals surface area contributed by atoms with Crippen molar-refractivity contribution in [1.82, 2.24) is 35.4 Å². The number of aromatic nitrogens is 6. The monoisotopic (exact) mass is 499 g/mol. The number of piperazine rings is 1. The number of rotatable bonds is 6. The lowest BCUT2D eigenvalue weighted by atomic mass is 9.64. The number of carboxylic acid groups (broad SMARTS) is 1. The summed E-state index contributed by atoms with van der Waals surface area (Å²) in [6, 6.07) is 6.95. The van der Waals surface area contributed by atoms with Gasteiger partial charge >= 0.3 is 5.97 Å². The fraction of sp³-hybridized carbons (Fsp3) is 0.320. The first-order chi connectivity index (χ1) is 18.0. The molecule has 1 atom stereocenters. The lowest BCUT2D eigenvalue weighted by Gasteiger charge is -2.39. The van der Waals surface area contributed by atoms with E-state index < -0.39 is 12.0 Å². The third-order valence-corrected chi connectivity index (χ3v) is 7.16. The molecule has 6 rings (SSSR count). The van der Waals surface area contributed by atoms with Crippen LogP contribution in [-0.4, -0.2) is 66.8 Å². The summed E-state index contributed by atoms with van der Waals surface area (Å²) in [5.74, 6) is 0.940. The second-order valence-electron chi connectivity index (χ2n) is 9.28. The van der Waals surface area contributed by atoms with Crippen LogP contribution < -0.4 is 16.0 Å². The smallest absolute Gasteiger partial charge is 0.327 e. The quantitative estimate of drug-likeness (QED) is 0.353. The van der Waals surface area contributed by atoms with Gasteiger partial charge in [-0.1, -0.05) is 17.6 Å². The van der Waals surface area contributed by atoms with Crippen LogP contribution in [0.15, 0.2) is 53.6 Å². The minimum Gasteiger partial charge on any atom is -0.480 e. The van der Waals surface area contributed by atoms with Crippen LogP contribution in [0.1, 0.15) is 30.7 Å². The molecule has 4 N–H and O–H groups in total. The van der Waals surface area contributed by atoms with E-state index in [1.807, 2.05) is 24.4 Å². The number of nitrogen functional groups attached to an aromatic ring is 1. The van der Waals surface area contributed by atoms with Crippen LogP contribution in [0, 0.1) is 0 Å². The molecule has 0 amide bonds. The van der Waals surface area contributed by atoms with Gasteiger partial charge in [-0.15, -0.1) is 0 Å². The van der Waals surface area contributed by atoms with Crippen molar-refractivity contribution in [2.45, 2.75) is 30.7 Å². The molecule has 1 aliphatic heterocycles. The highest BCUT2D eigenvalue weighted by molar-refractivity contribution is 5.78. The average molecular weight is 500 g/mol. The Bertz CT molecular complexity index is 1400. The standard InChI is InChI=1S/C25H25N9O3/c26-24-30-11-16(12-31-24)18-4-3-17(13-28-18)25(6-1-7-25)23-32-21(37-33-23)15-2-5-20(29-10-15)34-9-8-27-14-19(34)22(35)36/h2-5,10-13,19,27H,1,6-9,14H2,(H,35,36)(H2,26,30,31)/t19-/m1/s1. The van der Waals surface area contributed by atoms with Crippen molar-refractivity contribution in [3.8, 4) is 22.7 Å². The molecule has 0 bridgehead atoms. The Morgan fingerprint density at radius 1 is 1.05 bits per heavy atom. The van der Waals surface area contributed by atoms with E-state index in [9.17, 15) is 9.90 Å². The maximum absolute atomic E-state index is 11.6. The molecule has 5 heterocycles. The molecule has 4 aromatic rings. The summed E-state index contributed by atoms with van der Waals surface area (Å²) in [7, 11) is 0. The Morgan fingerprint density at radius 2 is 1.86 bits per heavy atom. The number of carbonyl (C=O) groups is 1. The Kier molecular flexibility index (Phi) is 5.72. The highest BCUT2D eigenvalue weighted by Crippen LogP contribution is 2.48. The number of anilines is 2. The number of hydrogen-bond acceptors (Lipinski definition) is 11. The van der Waals surface area contributed by atoms with Crippen molar-refractivity contribution in [3.05, 3.63) is 60.4 Å². The molecule has 12 heteroatoms. The zero-order valence-electron chi connectivity index (χ0n) is 19.9. The van der Waals surface area contributed by atoms with E-state index in [1.165, 1.54) is 0 Å². The zero-order chi connectivity index (χ0) is 25.4. The highest BCUT2D eigenvalue weighted by atomic mass is 16.5. The van der Waals surface area contributed by atoms with Gasteiger partial charge in [0.1, 0.15) is 11.9 Å². The number of nitrogens with one attached hydrogen (secondary N) is 1. The number of hydrogen-bond donors (Lipinski definition) is 3. The molecule has 37 heavy (non-hydrogen) atoms. The third-order valence-electron chi connectivity index (χ3n) is 7.16. The molecule has 188 valence electrons. The van der Waals surface area contributed by atoms with E-state index in [4.69, 9.17) is 15.2 Å². The minimum absolute atomic E-state index is 0.222. The summed E-state index contributed by atoms with van der Waals surface area (Å²) in [6.07, 6.45) is 9.65. The molecule has 0 unspecified atom stereocenters. The summed E-state index contributed by atoms with van der Waals surface area (Å²) in [5, 5.41) is 17.0. The number of nitrogens with two attached hydrogens (primary N) is 1. The van der Waals surface area contributed by atoms with E-state index in [-0.39, 0.29) is 11.4 Å². The predicted molar refractivity (Wildman–Crippen MR) is 133 cm³/mol. The second-order valence-corrected chi connectivity index (χ2v) is 9.28. The van der Waals surface area contributed by atoms with Crippen LogP contribution in [0.5, 0.6) is 0 Å². The van der Waals surface area contributed by atoms with Crippen LogP contribution >= 0.6 is 0 Å². The van der Waals surface area contributed by atoms with Gasteiger partial charge in [0.15, 0.2) is 5.82 Å². The van der Waals surface area contributed by atoms with Gasteiger partial charge in [-0.2, -0.15) is 4.98 Å². The third kappa shape index (κ3) is 4.14. The first kappa shape index (κ1) is 23.0. The molecular formula is C25H25N9O3. The molecule has 0 aromatic carbocycles. The predicted octanol–water partition coefficient (Wildman–Crippen LogP) is 1.90. The Morgan fingerprint density at radius 3 is 2.51 bits per heavy atom. The van der Waals surface area contributed by atoms with Gasteiger partial charge in [-0.05, 0) is 36.6 Å². The number of pyridine rings is 2. The number of carboxylic acids is 1. The molecule has 0 radical (unpaired) electrons. The number of aliphatic carboxylic acids is 1. The van der Waals surface area contributed by atoms with Gasteiger partial charge in [0, 0.05) is 50.0 Å². The first-order valence-corrected chi connectivity index (χ1v) is 12.1. The SMILES string of the molecule is Nc1ncc(-c2ccc(C3(c4noc(-c5ccc(N6CCNC[C@@H]6C(=O)O)nc5)n4)CCC3)cn2)cn1. The molecule has 1 aliphatic carbocycles. The van der Waals surface area contributed by atoms with E-state index >= 15 is 0 Å². The van der Waals surface area contributed by atoms with Crippen molar-refractivity contribution >= 4 is 17.7 Å².